The van der Waals surface area contributed by atoms with Gasteiger partial charge in [-0.3, -0.25) is 31.2 Å². The van der Waals surface area contributed by atoms with Gasteiger partial charge in [-0.15, -0.1) is 0 Å². The number of hydrazine groups is 1. The van der Waals surface area contributed by atoms with Crippen LogP contribution >= 0.6 is 0 Å². The van der Waals surface area contributed by atoms with Crippen molar-refractivity contribution < 1.29 is 9.72 Å². The van der Waals surface area contributed by atoms with Gasteiger partial charge >= 0.3 is 0 Å². The molecule has 1 aromatic carbocycles. The van der Waals surface area contributed by atoms with Crippen LogP contribution in [0.5, 0.6) is 0 Å². The standard InChI is InChI=1S/C11H15N5O3/c1-3-11(14-12-8(2)17)15-13-9-4-6-10(7-5-9)16(18)19/h4-7,13H,3H2,1-2H3,(H,12,17)(H,14,15). The molecule has 8 heteroatoms. The number of nitrogens with one attached hydrogen (secondary N) is 3. The van der Waals surface area contributed by atoms with Gasteiger partial charge in [0.1, 0.15) is 5.84 Å². The van der Waals surface area contributed by atoms with Crippen LogP contribution < -0.4 is 16.3 Å². The number of non-ortho nitro benzene ring substituents is 1. The number of amides is 1. The van der Waals surface area contributed by atoms with E-state index in [0.717, 1.165) is 0 Å². The normalized spacial score (nSPS) is 10.7. The van der Waals surface area contributed by atoms with Gasteiger partial charge in [0, 0.05) is 25.5 Å². The van der Waals surface area contributed by atoms with Gasteiger partial charge in [-0.05, 0) is 12.1 Å². The van der Waals surface area contributed by atoms with Crippen LogP contribution in [0, 0.1) is 10.1 Å². The second-order valence-corrected chi connectivity index (χ2v) is 3.63. The zero-order valence-electron chi connectivity index (χ0n) is 10.6. The van der Waals surface area contributed by atoms with Crippen LogP contribution in [0.2, 0.25) is 0 Å². The number of benzene rings is 1. The van der Waals surface area contributed by atoms with Crippen LogP contribution in [0.15, 0.2) is 29.4 Å². The molecule has 0 aliphatic heterocycles. The highest BCUT2D eigenvalue weighted by Gasteiger charge is 2.03. The van der Waals surface area contributed by atoms with Crippen molar-refractivity contribution in [1.29, 1.82) is 0 Å². The van der Waals surface area contributed by atoms with Gasteiger partial charge in [-0.25, -0.2) is 0 Å². The highest BCUT2D eigenvalue weighted by molar-refractivity contribution is 5.85. The van der Waals surface area contributed by atoms with E-state index >= 15 is 0 Å². The Morgan fingerprint density at radius 2 is 1.95 bits per heavy atom. The van der Waals surface area contributed by atoms with Crippen molar-refractivity contribution in [3.05, 3.63) is 34.4 Å². The highest BCUT2D eigenvalue weighted by atomic mass is 16.6. The molecule has 0 bridgehead atoms. The SMILES string of the molecule is CC/C(=N\Nc1ccc([N+](=O)[O-])cc1)NNC(C)=O. The Kier molecular flexibility index (Phi) is 5.27. The van der Waals surface area contributed by atoms with Crippen molar-refractivity contribution in [1.82, 2.24) is 10.9 Å². The molecule has 0 fully saturated rings. The molecule has 1 amide bonds. The predicted molar refractivity (Wildman–Crippen MR) is 71.4 cm³/mol. The van der Waals surface area contributed by atoms with E-state index in [0.29, 0.717) is 17.9 Å². The lowest BCUT2D eigenvalue weighted by Crippen LogP contribution is -2.40. The zero-order valence-corrected chi connectivity index (χ0v) is 10.6. The number of anilines is 1. The van der Waals surface area contributed by atoms with Gasteiger partial charge < -0.3 is 0 Å². The van der Waals surface area contributed by atoms with E-state index in [-0.39, 0.29) is 11.6 Å². The quantitative estimate of drug-likeness (QED) is 0.330. The summed E-state index contributed by atoms with van der Waals surface area (Å²) in [7, 11) is 0. The van der Waals surface area contributed by atoms with E-state index in [2.05, 4.69) is 21.4 Å². The fourth-order valence-electron chi connectivity index (χ4n) is 1.15. The smallest absolute Gasteiger partial charge is 0.269 e. The van der Waals surface area contributed by atoms with Crippen molar-refractivity contribution in [2.24, 2.45) is 5.10 Å². The highest BCUT2D eigenvalue weighted by Crippen LogP contribution is 2.15. The summed E-state index contributed by atoms with van der Waals surface area (Å²) in [6, 6.07) is 5.86. The summed E-state index contributed by atoms with van der Waals surface area (Å²) in [5, 5.41) is 14.5. The summed E-state index contributed by atoms with van der Waals surface area (Å²) < 4.78 is 0. The first-order chi connectivity index (χ1) is 9.02. The summed E-state index contributed by atoms with van der Waals surface area (Å²) in [4.78, 5) is 20.7. The second kappa shape index (κ2) is 6.94. The first kappa shape index (κ1) is 14.4. The van der Waals surface area contributed by atoms with Crippen LogP contribution in [-0.4, -0.2) is 16.7 Å². The van der Waals surface area contributed by atoms with Crippen LogP contribution in [0.25, 0.3) is 0 Å². The van der Waals surface area contributed by atoms with Gasteiger partial charge in [0.2, 0.25) is 5.91 Å². The summed E-state index contributed by atoms with van der Waals surface area (Å²) in [5.41, 5.74) is 8.42. The maximum absolute atomic E-state index is 10.7. The number of carbonyl (C=O) groups is 1. The third kappa shape index (κ3) is 5.02. The number of nitro benzene ring substituents is 1. The fraction of sp³-hybridized carbons (Fsp3) is 0.273. The Morgan fingerprint density at radius 3 is 2.42 bits per heavy atom. The van der Waals surface area contributed by atoms with Crippen molar-refractivity contribution in [2.75, 3.05) is 5.43 Å². The summed E-state index contributed by atoms with van der Waals surface area (Å²) in [6.45, 7) is 3.25. The van der Waals surface area contributed by atoms with Gasteiger partial charge in [0.15, 0.2) is 0 Å². The molecule has 102 valence electrons. The maximum atomic E-state index is 10.7. The molecule has 8 nitrogen and oxygen atoms in total. The number of hydrogen-bond acceptors (Lipinski definition) is 5. The molecule has 0 saturated heterocycles. The van der Waals surface area contributed by atoms with E-state index in [4.69, 9.17) is 0 Å². The minimum Gasteiger partial charge on any atom is -0.284 e. The summed E-state index contributed by atoms with van der Waals surface area (Å²) >= 11 is 0. The topological polar surface area (TPSA) is 109 Å². The maximum Gasteiger partial charge on any atom is 0.269 e. The van der Waals surface area contributed by atoms with E-state index < -0.39 is 4.92 Å². The van der Waals surface area contributed by atoms with E-state index in [1.807, 2.05) is 6.92 Å². The molecule has 1 aromatic rings. The zero-order chi connectivity index (χ0) is 14.3. The molecular weight excluding hydrogens is 250 g/mol. The molecule has 0 radical (unpaired) electrons. The van der Waals surface area contributed by atoms with Crippen LogP contribution in [0.4, 0.5) is 11.4 Å². The number of carbonyl (C=O) groups excluding carboxylic acids is 1. The van der Waals surface area contributed by atoms with E-state index in [1.165, 1.54) is 19.1 Å². The molecule has 0 saturated carbocycles. The molecule has 3 N–H and O–H groups in total. The molecule has 0 aliphatic rings. The molecule has 0 atom stereocenters. The average Bonchev–Trinajstić information content (AvgIpc) is 2.39. The molecule has 0 aliphatic carbocycles. The minimum atomic E-state index is -0.469. The Labute approximate surface area is 110 Å². The Morgan fingerprint density at radius 1 is 1.32 bits per heavy atom. The van der Waals surface area contributed by atoms with Gasteiger partial charge in [0.05, 0.1) is 10.6 Å². The van der Waals surface area contributed by atoms with Crippen LogP contribution in [0.1, 0.15) is 20.3 Å². The molecule has 0 heterocycles. The fourth-order valence-corrected chi connectivity index (χ4v) is 1.15. The molecule has 0 aromatic heterocycles. The second-order valence-electron chi connectivity index (χ2n) is 3.63. The summed E-state index contributed by atoms with van der Waals surface area (Å²) in [5.74, 6) is 0.310. The first-order valence-corrected chi connectivity index (χ1v) is 5.62. The minimum absolute atomic E-state index is 0.0154. The number of nitro groups is 1. The third-order valence-corrected chi connectivity index (χ3v) is 2.12. The molecule has 0 unspecified atom stereocenters. The van der Waals surface area contributed by atoms with Gasteiger partial charge in [-0.1, -0.05) is 6.92 Å². The van der Waals surface area contributed by atoms with Crippen LogP contribution in [0.3, 0.4) is 0 Å². The van der Waals surface area contributed by atoms with Crippen molar-refractivity contribution >= 4 is 23.1 Å². The van der Waals surface area contributed by atoms with Crippen LogP contribution in [-0.2, 0) is 4.79 Å². The van der Waals surface area contributed by atoms with Gasteiger partial charge in [-0.2, -0.15) is 5.10 Å². The van der Waals surface area contributed by atoms with Crippen molar-refractivity contribution in [2.45, 2.75) is 20.3 Å². The lowest BCUT2D eigenvalue weighted by atomic mass is 10.3. The number of hydrogen-bond donors (Lipinski definition) is 3. The first-order valence-electron chi connectivity index (χ1n) is 5.62. The number of nitrogens with zero attached hydrogens (tertiary/aromatic N) is 2. The van der Waals surface area contributed by atoms with Crippen molar-refractivity contribution in [3.8, 4) is 0 Å². The van der Waals surface area contributed by atoms with E-state index in [1.54, 1.807) is 12.1 Å². The largest absolute Gasteiger partial charge is 0.284 e. The Hall–Kier alpha value is -2.64. The average molecular weight is 265 g/mol. The number of hydrazone groups is 1. The molecule has 0 spiro atoms. The Bertz CT molecular complexity index is 484. The van der Waals surface area contributed by atoms with Gasteiger partial charge in [0.25, 0.3) is 5.69 Å². The Balaban J connectivity index is 2.62. The number of rotatable bonds is 4. The lowest BCUT2D eigenvalue weighted by molar-refractivity contribution is -0.384. The third-order valence-electron chi connectivity index (χ3n) is 2.12. The van der Waals surface area contributed by atoms with Crippen molar-refractivity contribution in [3.63, 3.8) is 0 Å². The van der Waals surface area contributed by atoms with E-state index in [9.17, 15) is 14.9 Å². The molecular formula is C11H15N5O3. The lowest BCUT2D eigenvalue weighted by Gasteiger charge is -2.08. The monoisotopic (exact) mass is 265 g/mol. The number of amidine groups is 1. The predicted octanol–water partition coefficient (Wildman–Crippen LogP) is 1.37. The molecule has 19 heavy (non-hydrogen) atoms. The molecule has 1 rings (SSSR count). The summed E-state index contributed by atoms with van der Waals surface area (Å²) in [6.07, 6.45) is 0.584.